The molecule has 2 N–H and O–H groups in total. The second-order valence-electron chi connectivity index (χ2n) is 5.26. The Morgan fingerprint density at radius 3 is 2.62 bits per heavy atom. The average molecular weight is 353 g/mol. The van der Waals surface area contributed by atoms with Gasteiger partial charge in [0.15, 0.2) is 0 Å². The molecule has 0 aliphatic heterocycles. The number of carboxylic acid groups (broad SMARTS) is 1. The molecular weight excluding hydrogens is 334 g/mol. The first-order chi connectivity index (χ1) is 12.6. The number of hydrogen-bond acceptors (Lipinski definition) is 4. The second-order valence-corrected chi connectivity index (χ2v) is 5.26. The summed E-state index contributed by atoms with van der Waals surface area (Å²) in [6.07, 6.45) is -0.123. The van der Waals surface area contributed by atoms with Crippen LogP contribution in [0.3, 0.4) is 0 Å². The third kappa shape index (κ3) is 5.87. The maximum absolute atomic E-state index is 11.6. The summed E-state index contributed by atoms with van der Waals surface area (Å²) < 4.78 is 10.3. The molecule has 2 rings (SSSR count). The molecule has 0 heterocycles. The van der Waals surface area contributed by atoms with E-state index in [2.05, 4.69) is 17.2 Å². The summed E-state index contributed by atoms with van der Waals surface area (Å²) in [5.41, 5.74) is 1.53. The van der Waals surface area contributed by atoms with Gasteiger partial charge < -0.3 is 19.9 Å². The SMILES string of the molecule is COc1ccc(C(=O)O)cc1C#CCCNC(=O)OCc1ccccc1. The first-order valence-corrected chi connectivity index (χ1v) is 7.95. The second kappa shape index (κ2) is 9.74. The maximum Gasteiger partial charge on any atom is 0.407 e. The van der Waals surface area contributed by atoms with Gasteiger partial charge >= 0.3 is 12.1 Å². The van der Waals surface area contributed by atoms with E-state index in [1.165, 1.54) is 19.2 Å². The first kappa shape index (κ1) is 18.9. The molecule has 0 saturated heterocycles. The molecule has 2 aromatic carbocycles. The lowest BCUT2D eigenvalue weighted by Gasteiger charge is -2.05. The summed E-state index contributed by atoms with van der Waals surface area (Å²) in [5.74, 6) is 5.21. The molecule has 2 aromatic rings. The predicted molar refractivity (Wildman–Crippen MR) is 96.1 cm³/mol. The fraction of sp³-hybridized carbons (Fsp3) is 0.200. The maximum atomic E-state index is 11.6. The standard InChI is InChI=1S/C20H19NO5/c1-25-18-11-10-17(19(22)23)13-16(18)9-5-6-12-21-20(24)26-14-15-7-3-2-4-8-15/h2-4,7-8,10-11,13H,6,12,14H2,1H3,(H,21,24)(H,22,23). The highest BCUT2D eigenvalue weighted by molar-refractivity contribution is 5.88. The summed E-state index contributed by atoms with van der Waals surface area (Å²) in [6.45, 7) is 0.527. The number of hydrogen-bond donors (Lipinski definition) is 2. The average Bonchev–Trinajstić information content (AvgIpc) is 2.66. The summed E-state index contributed by atoms with van der Waals surface area (Å²) >= 11 is 0. The highest BCUT2D eigenvalue weighted by atomic mass is 16.5. The van der Waals surface area contributed by atoms with Crippen LogP contribution in [0.25, 0.3) is 0 Å². The van der Waals surface area contributed by atoms with Gasteiger partial charge in [0.05, 0.1) is 18.2 Å². The Hall–Kier alpha value is -3.46. The number of carbonyl (C=O) groups excluding carboxylic acids is 1. The van der Waals surface area contributed by atoms with Gasteiger partial charge in [-0.15, -0.1) is 0 Å². The van der Waals surface area contributed by atoms with Crippen LogP contribution in [-0.2, 0) is 11.3 Å². The van der Waals surface area contributed by atoms with Crippen LogP contribution in [0.15, 0.2) is 48.5 Å². The zero-order valence-electron chi connectivity index (χ0n) is 14.3. The quantitative estimate of drug-likeness (QED) is 0.616. The third-order valence-electron chi connectivity index (χ3n) is 3.40. The van der Waals surface area contributed by atoms with Gasteiger partial charge in [-0.3, -0.25) is 0 Å². The number of amides is 1. The number of aromatic carboxylic acids is 1. The van der Waals surface area contributed by atoms with Crippen molar-refractivity contribution < 1.29 is 24.2 Å². The summed E-state index contributed by atoms with van der Waals surface area (Å²) in [4.78, 5) is 22.6. The number of carboxylic acids is 1. The van der Waals surface area contributed by atoms with Gasteiger partial charge in [-0.25, -0.2) is 9.59 Å². The Labute approximate surface area is 151 Å². The minimum Gasteiger partial charge on any atom is -0.495 e. The lowest BCUT2D eigenvalue weighted by Crippen LogP contribution is -2.24. The van der Waals surface area contributed by atoms with Crippen LogP contribution in [0, 0.1) is 11.8 Å². The van der Waals surface area contributed by atoms with Gasteiger partial charge in [-0.05, 0) is 23.8 Å². The molecular formula is C20H19NO5. The van der Waals surface area contributed by atoms with Gasteiger partial charge in [0.25, 0.3) is 0 Å². The van der Waals surface area contributed by atoms with E-state index in [1.54, 1.807) is 6.07 Å². The third-order valence-corrected chi connectivity index (χ3v) is 3.40. The molecule has 1 amide bonds. The van der Waals surface area contributed by atoms with Crippen molar-refractivity contribution in [2.75, 3.05) is 13.7 Å². The van der Waals surface area contributed by atoms with E-state index in [4.69, 9.17) is 14.6 Å². The van der Waals surface area contributed by atoms with E-state index in [9.17, 15) is 9.59 Å². The molecule has 0 atom stereocenters. The molecule has 0 saturated carbocycles. The highest BCUT2D eigenvalue weighted by Gasteiger charge is 2.07. The topological polar surface area (TPSA) is 84.9 Å². The molecule has 0 fully saturated rings. The molecule has 0 aliphatic rings. The Morgan fingerprint density at radius 1 is 1.15 bits per heavy atom. The molecule has 0 bridgehead atoms. The van der Waals surface area contributed by atoms with E-state index < -0.39 is 12.1 Å². The summed E-state index contributed by atoms with van der Waals surface area (Å²) in [6, 6.07) is 13.9. The van der Waals surface area contributed by atoms with Crippen molar-refractivity contribution in [2.24, 2.45) is 0 Å². The Kier molecular flexibility index (Phi) is 7.07. The van der Waals surface area contributed by atoms with E-state index in [-0.39, 0.29) is 12.2 Å². The van der Waals surface area contributed by atoms with E-state index >= 15 is 0 Å². The Bertz CT molecular complexity index is 821. The summed E-state index contributed by atoms with van der Waals surface area (Å²) in [7, 11) is 1.49. The normalized spacial score (nSPS) is 9.58. The molecule has 0 aromatic heterocycles. The number of alkyl carbamates (subject to hydrolysis) is 1. The predicted octanol–water partition coefficient (Wildman–Crippen LogP) is 3.06. The molecule has 0 spiro atoms. The van der Waals surface area contributed by atoms with Crippen LogP contribution in [-0.4, -0.2) is 30.8 Å². The van der Waals surface area contributed by atoms with Crippen LogP contribution in [0.1, 0.15) is 27.9 Å². The molecule has 134 valence electrons. The number of methoxy groups -OCH3 is 1. The monoisotopic (exact) mass is 353 g/mol. The lowest BCUT2D eigenvalue weighted by atomic mass is 10.1. The molecule has 0 radical (unpaired) electrons. The number of nitrogens with one attached hydrogen (secondary N) is 1. The molecule has 0 unspecified atom stereocenters. The van der Waals surface area contributed by atoms with E-state index in [0.717, 1.165) is 5.56 Å². The summed E-state index contributed by atoms with van der Waals surface area (Å²) in [5, 5.41) is 11.6. The smallest absolute Gasteiger partial charge is 0.407 e. The van der Waals surface area contributed by atoms with E-state index in [0.29, 0.717) is 24.3 Å². The fourth-order valence-corrected chi connectivity index (χ4v) is 2.10. The van der Waals surface area contributed by atoms with Crippen LogP contribution < -0.4 is 10.1 Å². The van der Waals surface area contributed by atoms with Gasteiger partial charge in [0.2, 0.25) is 0 Å². The van der Waals surface area contributed by atoms with Crippen LogP contribution in [0.2, 0.25) is 0 Å². The van der Waals surface area contributed by atoms with E-state index in [1.807, 2.05) is 30.3 Å². The largest absolute Gasteiger partial charge is 0.495 e. The van der Waals surface area contributed by atoms with Gasteiger partial charge in [0.1, 0.15) is 12.4 Å². The zero-order chi connectivity index (χ0) is 18.8. The molecule has 0 aliphatic carbocycles. The fourth-order valence-electron chi connectivity index (χ4n) is 2.10. The number of carbonyl (C=O) groups is 2. The van der Waals surface area contributed by atoms with Crippen molar-refractivity contribution in [1.29, 1.82) is 0 Å². The highest BCUT2D eigenvalue weighted by Crippen LogP contribution is 2.18. The molecule has 6 nitrogen and oxygen atoms in total. The number of ether oxygens (including phenoxy) is 2. The van der Waals surface area contributed by atoms with Crippen molar-refractivity contribution in [3.05, 3.63) is 65.2 Å². The lowest BCUT2D eigenvalue weighted by molar-refractivity contribution is 0.0696. The molecule has 6 heteroatoms. The van der Waals surface area contributed by atoms with Gasteiger partial charge in [0, 0.05) is 13.0 Å². The Balaban J connectivity index is 1.80. The Morgan fingerprint density at radius 2 is 1.92 bits per heavy atom. The minimum atomic E-state index is -1.03. The molecule has 26 heavy (non-hydrogen) atoms. The van der Waals surface area contributed by atoms with Gasteiger partial charge in [-0.1, -0.05) is 42.2 Å². The van der Waals surface area contributed by atoms with Crippen molar-refractivity contribution in [1.82, 2.24) is 5.32 Å². The minimum absolute atomic E-state index is 0.137. The zero-order valence-corrected chi connectivity index (χ0v) is 14.3. The van der Waals surface area contributed by atoms with Crippen molar-refractivity contribution >= 4 is 12.1 Å². The van der Waals surface area contributed by atoms with Crippen molar-refractivity contribution in [3.8, 4) is 17.6 Å². The van der Waals surface area contributed by atoms with Crippen molar-refractivity contribution in [2.45, 2.75) is 13.0 Å². The van der Waals surface area contributed by atoms with Crippen molar-refractivity contribution in [3.63, 3.8) is 0 Å². The number of benzene rings is 2. The number of rotatable bonds is 6. The van der Waals surface area contributed by atoms with Crippen LogP contribution in [0.5, 0.6) is 5.75 Å². The van der Waals surface area contributed by atoms with Crippen LogP contribution >= 0.6 is 0 Å². The van der Waals surface area contributed by atoms with Crippen LogP contribution in [0.4, 0.5) is 4.79 Å². The van der Waals surface area contributed by atoms with Gasteiger partial charge in [-0.2, -0.15) is 0 Å². The first-order valence-electron chi connectivity index (χ1n) is 7.95.